The Kier molecular flexibility index (Phi) is 5.94. The van der Waals surface area contributed by atoms with Gasteiger partial charge in [-0.1, -0.05) is 42.5 Å². The van der Waals surface area contributed by atoms with E-state index in [4.69, 9.17) is 0 Å². The normalized spacial score (nSPS) is 10.3. The summed E-state index contributed by atoms with van der Waals surface area (Å²) in [6, 6.07) is 20.6. The molecule has 0 radical (unpaired) electrons. The maximum atomic E-state index is 12.4. The number of amides is 2. The SMILES string of the molecule is Cc1cccc(NC(=O)c2cc(C(=O)NCCc3ccccc3)ccn2)c1. The Morgan fingerprint density at radius 2 is 1.74 bits per heavy atom. The Morgan fingerprint density at radius 1 is 0.926 bits per heavy atom. The van der Waals surface area contributed by atoms with Gasteiger partial charge in [-0.2, -0.15) is 0 Å². The predicted molar refractivity (Wildman–Crippen MR) is 106 cm³/mol. The summed E-state index contributed by atoms with van der Waals surface area (Å²) in [7, 11) is 0. The maximum absolute atomic E-state index is 12.4. The molecule has 0 saturated carbocycles. The first-order valence-electron chi connectivity index (χ1n) is 8.78. The quantitative estimate of drug-likeness (QED) is 0.706. The van der Waals surface area contributed by atoms with E-state index in [1.807, 2.05) is 61.5 Å². The molecule has 2 amide bonds. The third-order valence-corrected chi connectivity index (χ3v) is 4.07. The zero-order valence-corrected chi connectivity index (χ0v) is 15.1. The van der Waals surface area contributed by atoms with E-state index in [9.17, 15) is 9.59 Å². The zero-order valence-electron chi connectivity index (χ0n) is 15.1. The molecule has 0 aliphatic rings. The van der Waals surface area contributed by atoms with Gasteiger partial charge in [0.2, 0.25) is 0 Å². The molecule has 3 rings (SSSR count). The highest BCUT2D eigenvalue weighted by Gasteiger charge is 2.12. The molecule has 0 aliphatic carbocycles. The lowest BCUT2D eigenvalue weighted by molar-refractivity contribution is 0.0954. The molecule has 2 aromatic carbocycles. The zero-order chi connectivity index (χ0) is 19.1. The van der Waals surface area contributed by atoms with Crippen LogP contribution in [0.25, 0.3) is 0 Å². The lowest BCUT2D eigenvalue weighted by Crippen LogP contribution is -2.26. The fraction of sp³-hybridized carbons (Fsp3) is 0.136. The van der Waals surface area contributed by atoms with Crippen molar-refractivity contribution in [2.75, 3.05) is 11.9 Å². The van der Waals surface area contributed by atoms with Gasteiger partial charge in [0, 0.05) is 24.0 Å². The van der Waals surface area contributed by atoms with Crippen LogP contribution in [0, 0.1) is 6.92 Å². The van der Waals surface area contributed by atoms with E-state index >= 15 is 0 Å². The molecule has 1 heterocycles. The van der Waals surface area contributed by atoms with Crippen LogP contribution in [0.3, 0.4) is 0 Å². The molecule has 0 atom stereocenters. The van der Waals surface area contributed by atoms with Crippen LogP contribution in [0.4, 0.5) is 5.69 Å². The molecule has 27 heavy (non-hydrogen) atoms. The van der Waals surface area contributed by atoms with Gasteiger partial charge in [0.25, 0.3) is 11.8 Å². The molecule has 3 aromatic rings. The van der Waals surface area contributed by atoms with E-state index < -0.39 is 0 Å². The van der Waals surface area contributed by atoms with Gasteiger partial charge in [-0.05, 0) is 48.7 Å². The molecule has 0 bridgehead atoms. The van der Waals surface area contributed by atoms with Crippen LogP contribution in [0.1, 0.15) is 32.0 Å². The van der Waals surface area contributed by atoms with Gasteiger partial charge in [-0.3, -0.25) is 14.6 Å². The van der Waals surface area contributed by atoms with Gasteiger partial charge < -0.3 is 10.6 Å². The minimum absolute atomic E-state index is 0.201. The number of aromatic nitrogens is 1. The van der Waals surface area contributed by atoms with Crippen molar-refractivity contribution in [2.24, 2.45) is 0 Å². The monoisotopic (exact) mass is 359 g/mol. The number of hydrogen-bond donors (Lipinski definition) is 2. The number of nitrogens with zero attached hydrogens (tertiary/aromatic N) is 1. The van der Waals surface area contributed by atoms with Crippen molar-refractivity contribution in [1.29, 1.82) is 0 Å². The van der Waals surface area contributed by atoms with Gasteiger partial charge >= 0.3 is 0 Å². The van der Waals surface area contributed by atoms with E-state index in [1.54, 1.807) is 6.07 Å². The molecule has 0 fully saturated rings. The fourth-order valence-electron chi connectivity index (χ4n) is 2.68. The summed E-state index contributed by atoms with van der Waals surface area (Å²) >= 11 is 0. The molecule has 0 saturated heterocycles. The second-order valence-corrected chi connectivity index (χ2v) is 6.24. The number of carbonyl (C=O) groups is 2. The van der Waals surface area contributed by atoms with Crippen LogP contribution in [0.5, 0.6) is 0 Å². The number of benzene rings is 2. The highest BCUT2D eigenvalue weighted by atomic mass is 16.2. The van der Waals surface area contributed by atoms with Crippen LogP contribution in [0.2, 0.25) is 0 Å². The number of nitrogens with one attached hydrogen (secondary N) is 2. The van der Waals surface area contributed by atoms with Gasteiger partial charge in [-0.15, -0.1) is 0 Å². The molecule has 0 spiro atoms. The number of carbonyl (C=O) groups excluding carboxylic acids is 2. The topological polar surface area (TPSA) is 71.1 Å². The number of pyridine rings is 1. The van der Waals surface area contributed by atoms with Crippen LogP contribution < -0.4 is 10.6 Å². The van der Waals surface area contributed by atoms with Crippen LogP contribution >= 0.6 is 0 Å². The Balaban J connectivity index is 1.60. The number of anilines is 1. The summed E-state index contributed by atoms with van der Waals surface area (Å²) in [5.41, 5.74) is 3.51. The summed E-state index contributed by atoms with van der Waals surface area (Å²) in [5, 5.41) is 5.67. The third kappa shape index (κ3) is 5.25. The standard InChI is InChI=1S/C22H21N3O2/c1-16-6-5-9-19(14-16)25-22(27)20-15-18(11-13-23-20)21(26)24-12-10-17-7-3-2-4-8-17/h2-9,11,13-15H,10,12H2,1H3,(H,24,26)(H,25,27). The van der Waals surface area contributed by atoms with Crippen LogP contribution in [-0.2, 0) is 6.42 Å². The highest BCUT2D eigenvalue weighted by Crippen LogP contribution is 2.11. The Bertz CT molecular complexity index is 939. The minimum atomic E-state index is -0.348. The van der Waals surface area contributed by atoms with Crippen molar-refractivity contribution in [2.45, 2.75) is 13.3 Å². The second kappa shape index (κ2) is 8.76. The van der Waals surface area contributed by atoms with Crippen molar-refractivity contribution in [3.8, 4) is 0 Å². The van der Waals surface area contributed by atoms with Crippen molar-refractivity contribution in [1.82, 2.24) is 10.3 Å². The fourth-order valence-corrected chi connectivity index (χ4v) is 2.68. The minimum Gasteiger partial charge on any atom is -0.352 e. The van der Waals surface area contributed by atoms with Gasteiger partial charge in [-0.25, -0.2) is 0 Å². The van der Waals surface area contributed by atoms with Crippen molar-refractivity contribution < 1.29 is 9.59 Å². The molecule has 0 unspecified atom stereocenters. The maximum Gasteiger partial charge on any atom is 0.274 e. The van der Waals surface area contributed by atoms with Crippen molar-refractivity contribution in [3.63, 3.8) is 0 Å². The van der Waals surface area contributed by atoms with E-state index in [0.29, 0.717) is 17.8 Å². The van der Waals surface area contributed by atoms with E-state index in [0.717, 1.165) is 17.5 Å². The summed E-state index contributed by atoms with van der Waals surface area (Å²) < 4.78 is 0. The largest absolute Gasteiger partial charge is 0.352 e. The van der Waals surface area contributed by atoms with Crippen molar-refractivity contribution >= 4 is 17.5 Å². The summed E-state index contributed by atoms with van der Waals surface area (Å²) in [6.07, 6.45) is 2.22. The van der Waals surface area contributed by atoms with Gasteiger partial charge in [0.05, 0.1) is 0 Å². The Labute approximate surface area is 158 Å². The van der Waals surface area contributed by atoms with E-state index in [2.05, 4.69) is 15.6 Å². The van der Waals surface area contributed by atoms with Gasteiger partial charge in [0.1, 0.15) is 5.69 Å². The Morgan fingerprint density at radius 3 is 2.52 bits per heavy atom. The second-order valence-electron chi connectivity index (χ2n) is 6.24. The lowest BCUT2D eigenvalue weighted by atomic mass is 10.1. The number of aryl methyl sites for hydroxylation is 1. The molecule has 5 heteroatoms. The van der Waals surface area contributed by atoms with E-state index in [1.165, 1.54) is 12.3 Å². The number of rotatable bonds is 6. The molecule has 1 aromatic heterocycles. The third-order valence-electron chi connectivity index (χ3n) is 4.07. The molecule has 0 aliphatic heterocycles. The first-order valence-corrected chi connectivity index (χ1v) is 8.78. The smallest absolute Gasteiger partial charge is 0.274 e. The predicted octanol–water partition coefficient (Wildman–Crippen LogP) is 3.61. The molecular formula is C22H21N3O2. The van der Waals surface area contributed by atoms with Crippen molar-refractivity contribution in [3.05, 3.63) is 95.3 Å². The average molecular weight is 359 g/mol. The average Bonchev–Trinajstić information content (AvgIpc) is 2.69. The molecule has 5 nitrogen and oxygen atoms in total. The molecular weight excluding hydrogens is 338 g/mol. The molecule has 2 N–H and O–H groups in total. The summed E-state index contributed by atoms with van der Waals surface area (Å²) in [5.74, 6) is -0.572. The summed E-state index contributed by atoms with van der Waals surface area (Å²) in [4.78, 5) is 28.8. The first kappa shape index (κ1) is 18.3. The summed E-state index contributed by atoms with van der Waals surface area (Å²) in [6.45, 7) is 2.48. The highest BCUT2D eigenvalue weighted by molar-refractivity contribution is 6.04. The Hall–Kier alpha value is -3.47. The van der Waals surface area contributed by atoms with Crippen LogP contribution in [0.15, 0.2) is 72.9 Å². The van der Waals surface area contributed by atoms with E-state index in [-0.39, 0.29) is 17.5 Å². The number of hydrogen-bond acceptors (Lipinski definition) is 3. The first-order chi connectivity index (χ1) is 13.1. The lowest BCUT2D eigenvalue weighted by Gasteiger charge is -2.08. The van der Waals surface area contributed by atoms with Gasteiger partial charge in [0.15, 0.2) is 0 Å². The van der Waals surface area contributed by atoms with Crippen LogP contribution in [-0.4, -0.2) is 23.3 Å². The molecule has 136 valence electrons.